The van der Waals surface area contributed by atoms with Crippen LogP contribution in [0.4, 0.5) is 4.79 Å². The van der Waals surface area contributed by atoms with Gasteiger partial charge in [0.05, 0.1) is 12.7 Å². The van der Waals surface area contributed by atoms with E-state index in [9.17, 15) is 9.59 Å². The Balaban J connectivity index is 1.36. The maximum absolute atomic E-state index is 12.7. The summed E-state index contributed by atoms with van der Waals surface area (Å²) >= 11 is 3.50. The monoisotopic (exact) mass is 421 g/mol. The van der Waals surface area contributed by atoms with Gasteiger partial charge in [0.1, 0.15) is 5.54 Å². The molecule has 3 amide bonds. The van der Waals surface area contributed by atoms with Crippen molar-refractivity contribution in [3.8, 4) is 0 Å². The Labute approximate surface area is 162 Å². The Morgan fingerprint density at radius 1 is 1.23 bits per heavy atom. The van der Waals surface area contributed by atoms with Gasteiger partial charge in [-0.3, -0.25) is 14.6 Å². The van der Waals surface area contributed by atoms with Gasteiger partial charge in [-0.25, -0.2) is 4.79 Å². The molecule has 26 heavy (non-hydrogen) atoms. The second kappa shape index (κ2) is 7.29. The molecule has 1 N–H and O–H groups in total. The van der Waals surface area contributed by atoms with E-state index in [4.69, 9.17) is 4.74 Å². The number of nitrogens with one attached hydrogen (secondary N) is 1. The second-order valence-corrected chi connectivity index (χ2v) is 8.31. The first-order valence-electron chi connectivity index (χ1n) is 9.31. The molecule has 2 aliphatic heterocycles. The lowest BCUT2D eigenvalue weighted by Gasteiger charge is -2.33. The number of rotatable bonds is 4. The number of carbonyl (C=O) groups excluding carboxylic acids is 2. The molecule has 1 aromatic carbocycles. The number of hydrogen-bond donors (Lipinski definition) is 1. The molecule has 3 aliphatic rings. The number of benzene rings is 1. The third-order valence-corrected chi connectivity index (χ3v) is 6.21. The molecule has 3 fully saturated rings. The smallest absolute Gasteiger partial charge is 0.325 e. The fraction of sp³-hybridized carbons (Fsp3) is 0.579. The molecule has 4 rings (SSSR count). The van der Waals surface area contributed by atoms with Gasteiger partial charge in [-0.2, -0.15) is 0 Å². The number of halogens is 1. The van der Waals surface area contributed by atoms with Gasteiger partial charge in [-0.05, 0) is 30.5 Å². The molecule has 2 heterocycles. The molecular weight excluding hydrogens is 398 g/mol. The van der Waals surface area contributed by atoms with Crippen LogP contribution in [-0.4, -0.2) is 60.1 Å². The van der Waals surface area contributed by atoms with E-state index in [-0.39, 0.29) is 18.0 Å². The van der Waals surface area contributed by atoms with E-state index in [1.807, 2.05) is 12.1 Å². The van der Waals surface area contributed by atoms with Crippen LogP contribution in [0.15, 0.2) is 28.7 Å². The van der Waals surface area contributed by atoms with E-state index >= 15 is 0 Å². The third-order valence-electron chi connectivity index (χ3n) is 5.71. The zero-order valence-corrected chi connectivity index (χ0v) is 16.3. The maximum Gasteiger partial charge on any atom is 0.325 e. The normalized spacial score (nSPS) is 25.9. The van der Waals surface area contributed by atoms with E-state index in [0.29, 0.717) is 19.7 Å². The average Bonchev–Trinajstić information content (AvgIpc) is 3.20. The predicted octanol–water partition coefficient (Wildman–Crippen LogP) is 2.69. The molecule has 7 heteroatoms. The topological polar surface area (TPSA) is 61.9 Å². The highest BCUT2D eigenvalue weighted by molar-refractivity contribution is 9.10. The number of amides is 3. The lowest BCUT2D eigenvalue weighted by atomic mass is 9.98. The molecule has 1 atom stereocenters. The summed E-state index contributed by atoms with van der Waals surface area (Å²) < 4.78 is 6.96. The van der Waals surface area contributed by atoms with Crippen LogP contribution < -0.4 is 5.32 Å². The van der Waals surface area contributed by atoms with Crippen LogP contribution in [0.5, 0.6) is 0 Å². The number of hydrogen-bond acceptors (Lipinski definition) is 4. The predicted molar refractivity (Wildman–Crippen MR) is 101 cm³/mol. The van der Waals surface area contributed by atoms with Crippen molar-refractivity contribution in [2.24, 2.45) is 0 Å². The summed E-state index contributed by atoms with van der Waals surface area (Å²) in [7, 11) is 0. The van der Waals surface area contributed by atoms with Crippen molar-refractivity contribution in [3.05, 3.63) is 34.3 Å². The van der Waals surface area contributed by atoms with Crippen LogP contribution in [0.2, 0.25) is 0 Å². The first kappa shape index (κ1) is 17.9. The van der Waals surface area contributed by atoms with Crippen LogP contribution in [0.1, 0.15) is 37.4 Å². The van der Waals surface area contributed by atoms with Gasteiger partial charge in [0.25, 0.3) is 5.91 Å². The number of imide groups is 1. The van der Waals surface area contributed by atoms with E-state index in [1.165, 1.54) is 4.90 Å². The number of morpholine rings is 1. The SMILES string of the molecule is O=C1NC2(CCCC2)C(=O)N1CCN1CCOC(c2cccc(Br)c2)C1. The summed E-state index contributed by atoms with van der Waals surface area (Å²) in [6, 6.07) is 7.93. The maximum atomic E-state index is 12.7. The van der Waals surface area contributed by atoms with Gasteiger partial charge in [-0.15, -0.1) is 0 Å². The van der Waals surface area contributed by atoms with Crippen molar-refractivity contribution >= 4 is 27.9 Å². The summed E-state index contributed by atoms with van der Waals surface area (Å²) in [5.41, 5.74) is 0.532. The molecule has 140 valence electrons. The quantitative estimate of drug-likeness (QED) is 0.759. The van der Waals surface area contributed by atoms with Gasteiger partial charge in [0, 0.05) is 30.7 Å². The Morgan fingerprint density at radius 2 is 2.04 bits per heavy atom. The van der Waals surface area contributed by atoms with Gasteiger partial charge in [-0.1, -0.05) is 40.9 Å². The molecular formula is C19H24BrN3O3. The molecule has 1 spiro atoms. The Morgan fingerprint density at radius 3 is 2.81 bits per heavy atom. The first-order chi connectivity index (χ1) is 12.6. The van der Waals surface area contributed by atoms with Crippen molar-refractivity contribution in [2.75, 3.05) is 32.8 Å². The van der Waals surface area contributed by atoms with Gasteiger partial charge in [0.15, 0.2) is 0 Å². The molecule has 2 saturated heterocycles. The molecule has 1 unspecified atom stereocenters. The van der Waals surface area contributed by atoms with Crippen molar-refractivity contribution in [1.29, 1.82) is 0 Å². The van der Waals surface area contributed by atoms with Crippen molar-refractivity contribution in [1.82, 2.24) is 15.1 Å². The minimum Gasteiger partial charge on any atom is -0.371 e. The second-order valence-electron chi connectivity index (χ2n) is 7.39. The highest BCUT2D eigenvalue weighted by Crippen LogP contribution is 2.35. The fourth-order valence-corrected chi connectivity index (χ4v) is 4.67. The van der Waals surface area contributed by atoms with E-state index in [2.05, 4.69) is 38.3 Å². The standard InChI is InChI=1S/C19H24BrN3O3/c20-15-5-3-4-14(12-15)16-13-22(10-11-26-16)8-9-23-17(24)19(21-18(23)25)6-1-2-7-19/h3-5,12,16H,1-2,6-11,13H2,(H,21,25). The lowest BCUT2D eigenvalue weighted by Crippen LogP contribution is -2.46. The minimum absolute atomic E-state index is 0.0190. The first-order valence-corrected chi connectivity index (χ1v) is 10.1. The van der Waals surface area contributed by atoms with Crippen LogP contribution in [0, 0.1) is 0 Å². The minimum atomic E-state index is -0.610. The molecule has 1 saturated carbocycles. The number of carbonyl (C=O) groups is 2. The summed E-state index contributed by atoms with van der Waals surface area (Å²) in [6.45, 7) is 3.37. The fourth-order valence-electron chi connectivity index (χ4n) is 4.25. The molecule has 1 aromatic rings. The molecule has 0 aromatic heterocycles. The molecule has 6 nitrogen and oxygen atoms in total. The summed E-state index contributed by atoms with van der Waals surface area (Å²) in [5, 5.41) is 2.95. The van der Waals surface area contributed by atoms with Crippen LogP contribution in [0.25, 0.3) is 0 Å². The van der Waals surface area contributed by atoms with Crippen LogP contribution >= 0.6 is 15.9 Å². The highest BCUT2D eigenvalue weighted by Gasteiger charge is 2.52. The van der Waals surface area contributed by atoms with Crippen LogP contribution in [0.3, 0.4) is 0 Å². The van der Waals surface area contributed by atoms with E-state index < -0.39 is 5.54 Å². The molecule has 1 aliphatic carbocycles. The van der Waals surface area contributed by atoms with Crippen molar-refractivity contribution in [3.63, 3.8) is 0 Å². The third kappa shape index (κ3) is 3.40. The Bertz CT molecular complexity index is 705. The number of ether oxygens (including phenoxy) is 1. The number of urea groups is 1. The summed E-state index contributed by atoms with van der Waals surface area (Å²) in [6.07, 6.45) is 3.59. The highest BCUT2D eigenvalue weighted by atomic mass is 79.9. The molecule has 0 radical (unpaired) electrons. The summed E-state index contributed by atoms with van der Waals surface area (Å²) in [4.78, 5) is 28.7. The number of nitrogens with zero attached hydrogens (tertiary/aromatic N) is 2. The largest absolute Gasteiger partial charge is 0.371 e. The van der Waals surface area contributed by atoms with Crippen molar-refractivity contribution < 1.29 is 14.3 Å². The van der Waals surface area contributed by atoms with Gasteiger partial charge < -0.3 is 10.1 Å². The van der Waals surface area contributed by atoms with Gasteiger partial charge >= 0.3 is 6.03 Å². The lowest BCUT2D eigenvalue weighted by molar-refractivity contribution is -0.131. The van der Waals surface area contributed by atoms with Crippen molar-refractivity contribution in [2.45, 2.75) is 37.3 Å². The zero-order valence-electron chi connectivity index (χ0n) is 14.7. The van der Waals surface area contributed by atoms with E-state index in [1.54, 1.807) is 0 Å². The Kier molecular flexibility index (Phi) is 5.03. The van der Waals surface area contributed by atoms with Crippen LogP contribution in [-0.2, 0) is 9.53 Å². The van der Waals surface area contributed by atoms with Gasteiger partial charge in [0.2, 0.25) is 0 Å². The van der Waals surface area contributed by atoms with E-state index in [0.717, 1.165) is 48.8 Å². The zero-order chi connectivity index (χ0) is 18.1. The summed E-state index contributed by atoms with van der Waals surface area (Å²) in [5.74, 6) is -0.0307. The average molecular weight is 422 g/mol. The molecule has 0 bridgehead atoms. The Hall–Kier alpha value is -1.44.